The minimum atomic E-state index is -2.13. The van der Waals surface area contributed by atoms with E-state index in [1.165, 1.54) is 0 Å². The fourth-order valence-electron chi connectivity index (χ4n) is 5.24. The van der Waals surface area contributed by atoms with Crippen LogP contribution in [0.4, 0.5) is 0 Å². The number of carboxylic acid groups (broad SMARTS) is 1. The third-order valence-electron chi connectivity index (χ3n) is 6.83. The molecule has 1 atom stereocenters. The van der Waals surface area contributed by atoms with Crippen molar-refractivity contribution in [2.75, 3.05) is 6.54 Å². The van der Waals surface area contributed by atoms with Crippen molar-refractivity contribution in [3.63, 3.8) is 0 Å². The van der Waals surface area contributed by atoms with Crippen molar-refractivity contribution in [2.24, 2.45) is 0 Å². The second-order valence-corrected chi connectivity index (χ2v) is 15.0. The van der Waals surface area contributed by atoms with E-state index in [0.29, 0.717) is 33.3 Å². The van der Waals surface area contributed by atoms with E-state index in [-0.39, 0.29) is 6.54 Å². The van der Waals surface area contributed by atoms with Gasteiger partial charge in [0.1, 0.15) is 5.75 Å². The molecule has 0 aliphatic carbocycles. The molecule has 1 aliphatic rings. The summed E-state index contributed by atoms with van der Waals surface area (Å²) in [4.78, 5) is 38.5. The first-order valence-electron chi connectivity index (χ1n) is 11.5. The first-order chi connectivity index (χ1) is 15.5. The second kappa shape index (κ2) is 9.51. The monoisotopic (exact) mass is 467 g/mol. The van der Waals surface area contributed by atoms with Gasteiger partial charge in [-0.25, -0.2) is 0 Å². The van der Waals surface area contributed by atoms with Gasteiger partial charge in [0.05, 0.1) is 17.0 Å². The molecule has 176 valence electrons. The summed E-state index contributed by atoms with van der Waals surface area (Å²) in [5.74, 6) is -2.29. The fourth-order valence-corrected chi connectivity index (χ4v) is 10.5. The van der Waals surface area contributed by atoms with Gasteiger partial charge in [0.25, 0.3) is 20.1 Å². The van der Waals surface area contributed by atoms with Crippen molar-refractivity contribution in [1.29, 1.82) is 0 Å². The topological polar surface area (TPSA) is 83.9 Å². The molecule has 0 spiro atoms. The number of hydrogen-bond donors (Lipinski definition) is 1. The lowest BCUT2D eigenvalue weighted by atomic mass is 9.98. The Balaban J connectivity index is 1.84. The SMILES string of the molecule is CC(C)[Si](Oc1ccc(C(CN2C(=O)c3ccccc3C2=O)C(=O)O)cc1)(C(C)C)C(C)C. The number of carbonyl (C=O) groups is 3. The molecule has 0 bridgehead atoms. The number of benzene rings is 2. The van der Waals surface area contributed by atoms with Gasteiger partial charge in [-0.05, 0) is 46.5 Å². The van der Waals surface area contributed by atoms with E-state index in [4.69, 9.17) is 4.43 Å². The lowest BCUT2D eigenvalue weighted by Crippen LogP contribution is -2.50. The van der Waals surface area contributed by atoms with Crippen LogP contribution in [-0.4, -0.2) is 42.7 Å². The van der Waals surface area contributed by atoms with E-state index in [1.54, 1.807) is 36.4 Å². The van der Waals surface area contributed by atoms with Crippen LogP contribution in [0.25, 0.3) is 0 Å². The van der Waals surface area contributed by atoms with E-state index in [9.17, 15) is 19.5 Å². The van der Waals surface area contributed by atoms with Gasteiger partial charge >= 0.3 is 5.97 Å². The predicted molar refractivity (Wildman–Crippen MR) is 130 cm³/mol. The van der Waals surface area contributed by atoms with Crippen molar-refractivity contribution < 1.29 is 23.9 Å². The summed E-state index contributed by atoms with van der Waals surface area (Å²) < 4.78 is 6.66. The highest BCUT2D eigenvalue weighted by atomic mass is 28.4. The van der Waals surface area contributed by atoms with Gasteiger partial charge in [-0.3, -0.25) is 19.3 Å². The normalized spacial score (nSPS) is 14.9. The summed E-state index contributed by atoms with van der Waals surface area (Å²) in [6.45, 7) is 13.1. The Kier molecular flexibility index (Phi) is 7.12. The number of aliphatic carboxylic acids is 1. The maximum atomic E-state index is 12.7. The molecule has 6 nitrogen and oxygen atoms in total. The van der Waals surface area contributed by atoms with Crippen LogP contribution < -0.4 is 4.43 Å². The molecule has 0 aromatic heterocycles. The molecule has 1 heterocycles. The maximum absolute atomic E-state index is 12.7. The highest BCUT2D eigenvalue weighted by Gasteiger charge is 2.47. The molecule has 33 heavy (non-hydrogen) atoms. The largest absolute Gasteiger partial charge is 0.543 e. The van der Waals surface area contributed by atoms with E-state index in [2.05, 4.69) is 41.5 Å². The molecule has 7 heteroatoms. The molecule has 0 radical (unpaired) electrons. The minimum Gasteiger partial charge on any atom is -0.543 e. The molecule has 2 amide bonds. The lowest BCUT2D eigenvalue weighted by molar-refractivity contribution is -0.138. The van der Waals surface area contributed by atoms with E-state index in [1.807, 2.05) is 12.1 Å². The number of amides is 2. The number of imide groups is 1. The van der Waals surface area contributed by atoms with Crippen LogP contribution in [0.3, 0.4) is 0 Å². The summed E-state index contributed by atoms with van der Waals surface area (Å²) in [6.07, 6.45) is 0. The molecule has 2 aromatic rings. The number of rotatable bonds is 9. The molecular weight excluding hydrogens is 434 g/mol. The smallest absolute Gasteiger partial charge is 0.312 e. The predicted octanol–water partition coefficient (Wildman–Crippen LogP) is 5.71. The van der Waals surface area contributed by atoms with Crippen LogP contribution in [0.15, 0.2) is 48.5 Å². The number of carboxylic acids is 1. The summed E-state index contributed by atoms with van der Waals surface area (Å²) in [6, 6.07) is 13.6. The van der Waals surface area contributed by atoms with Gasteiger partial charge in [-0.15, -0.1) is 0 Å². The van der Waals surface area contributed by atoms with Gasteiger partial charge in [-0.1, -0.05) is 65.8 Å². The Bertz CT molecular complexity index is 988. The van der Waals surface area contributed by atoms with Crippen molar-refractivity contribution in [2.45, 2.75) is 64.1 Å². The zero-order valence-corrected chi connectivity index (χ0v) is 21.2. The first kappa shape index (κ1) is 24.7. The molecule has 0 fully saturated rings. The fraction of sp³-hybridized carbons (Fsp3) is 0.423. The van der Waals surface area contributed by atoms with E-state index >= 15 is 0 Å². The Morgan fingerprint density at radius 1 is 0.848 bits per heavy atom. The molecule has 1 N–H and O–H groups in total. The Hall–Kier alpha value is -2.93. The Labute approximate surface area is 196 Å². The standard InChI is InChI=1S/C26H33NO5Si/c1-16(2)33(17(3)4,18(5)6)32-20-13-11-19(12-14-20)23(26(30)31)15-27-24(28)21-9-7-8-10-22(21)25(27)29/h7-14,16-18,23H,15H2,1-6H3,(H,30,31). The third kappa shape index (κ3) is 4.46. The summed E-state index contributed by atoms with van der Waals surface area (Å²) >= 11 is 0. The van der Waals surface area contributed by atoms with Gasteiger partial charge in [0.15, 0.2) is 0 Å². The van der Waals surface area contributed by atoms with E-state index in [0.717, 1.165) is 10.6 Å². The lowest BCUT2D eigenvalue weighted by Gasteiger charge is -2.42. The van der Waals surface area contributed by atoms with Gasteiger partial charge in [-0.2, -0.15) is 0 Å². The number of fused-ring (bicyclic) bond motifs is 1. The minimum absolute atomic E-state index is 0.218. The van der Waals surface area contributed by atoms with Crippen LogP contribution >= 0.6 is 0 Å². The van der Waals surface area contributed by atoms with Crippen LogP contribution in [-0.2, 0) is 4.79 Å². The molecule has 1 unspecified atom stereocenters. The molecule has 0 saturated heterocycles. The van der Waals surface area contributed by atoms with Gasteiger partial charge in [0, 0.05) is 6.54 Å². The van der Waals surface area contributed by atoms with Crippen LogP contribution in [0, 0.1) is 0 Å². The average molecular weight is 468 g/mol. The maximum Gasteiger partial charge on any atom is 0.312 e. The van der Waals surface area contributed by atoms with Gasteiger partial charge in [0.2, 0.25) is 0 Å². The zero-order valence-electron chi connectivity index (χ0n) is 20.2. The van der Waals surface area contributed by atoms with Crippen LogP contribution in [0.1, 0.15) is 73.7 Å². The van der Waals surface area contributed by atoms with Gasteiger partial charge < -0.3 is 9.53 Å². The van der Waals surface area contributed by atoms with Crippen molar-refractivity contribution in [3.05, 3.63) is 65.2 Å². The summed E-state index contributed by atoms with van der Waals surface area (Å²) in [5.41, 5.74) is 2.39. The Morgan fingerprint density at radius 2 is 1.30 bits per heavy atom. The average Bonchev–Trinajstić information content (AvgIpc) is 3.00. The van der Waals surface area contributed by atoms with E-state index < -0.39 is 32.0 Å². The Morgan fingerprint density at radius 3 is 1.70 bits per heavy atom. The molecular formula is C26H33NO5Si. The van der Waals surface area contributed by atoms with Crippen molar-refractivity contribution in [1.82, 2.24) is 4.90 Å². The first-order valence-corrected chi connectivity index (χ1v) is 13.6. The molecule has 3 rings (SSSR count). The van der Waals surface area contributed by atoms with Crippen LogP contribution in [0.2, 0.25) is 16.6 Å². The van der Waals surface area contributed by atoms with Crippen LogP contribution in [0.5, 0.6) is 5.75 Å². The molecule has 0 saturated carbocycles. The summed E-state index contributed by atoms with van der Waals surface area (Å²) in [5, 5.41) is 9.88. The number of carbonyl (C=O) groups excluding carboxylic acids is 2. The highest BCUT2D eigenvalue weighted by Crippen LogP contribution is 2.42. The number of hydrogen-bond acceptors (Lipinski definition) is 4. The summed E-state index contributed by atoms with van der Waals surface area (Å²) in [7, 11) is -2.13. The molecule has 1 aliphatic heterocycles. The van der Waals surface area contributed by atoms with Crippen molar-refractivity contribution >= 4 is 26.1 Å². The second-order valence-electron chi connectivity index (χ2n) is 9.65. The van der Waals surface area contributed by atoms with Crippen molar-refractivity contribution in [3.8, 4) is 5.75 Å². The quantitative estimate of drug-likeness (QED) is 0.377. The number of nitrogens with zero attached hydrogens (tertiary/aromatic N) is 1. The highest BCUT2D eigenvalue weighted by molar-refractivity contribution is 6.78. The zero-order chi connectivity index (χ0) is 24.5. The molecule has 2 aromatic carbocycles. The third-order valence-corrected chi connectivity index (χ3v) is 12.8.